The molecule has 17 heavy (non-hydrogen) atoms. The Labute approximate surface area is 107 Å². The van der Waals surface area contributed by atoms with Crippen LogP contribution in [-0.4, -0.2) is 36.0 Å². The summed E-state index contributed by atoms with van der Waals surface area (Å²) in [5.74, 6) is 1.03. The van der Waals surface area contributed by atoms with Crippen LogP contribution in [0.25, 0.3) is 0 Å². The molecule has 1 rings (SSSR count). The molecule has 98 valence electrons. The first-order chi connectivity index (χ1) is 8.14. The maximum absolute atomic E-state index is 11.8. The molecule has 0 aromatic heterocycles. The fourth-order valence-electron chi connectivity index (χ4n) is 2.17. The molecule has 0 heterocycles. The molecular weight excluding hydrogens is 238 g/mol. The minimum Gasteiger partial charge on any atom is -0.467 e. The monoisotopic (exact) mass is 259 g/mol. The smallest absolute Gasteiger partial charge is 0.331 e. The van der Waals surface area contributed by atoms with E-state index in [0.29, 0.717) is 18.6 Å². The minimum atomic E-state index is -0.751. The molecule has 0 aromatic carbocycles. The van der Waals surface area contributed by atoms with Crippen molar-refractivity contribution in [1.82, 2.24) is 5.32 Å². The van der Waals surface area contributed by atoms with Crippen LogP contribution in [0.3, 0.4) is 0 Å². The fraction of sp³-hybridized carbons (Fsp3) is 0.833. The summed E-state index contributed by atoms with van der Waals surface area (Å²) in [5.41, 5.74) is -0.751. The van der Waals surface area contributed by atoms with Crippen molar-refractivity contribution in [2.24, 2.45) is 0 Å². The Kier molecular flexibility index (Phi) is 5.82. The first-order valence-electron chi connectivity index (χ1n) is 6.12. The summed E-state index contributed by atoms with van der Waals surface area (Å²) in [5, 5.41) is 2.87. The van der Waals surface area contributed by atoms with Gasteiger partial charge in [0, 0.05) is 0 Å². The first kappa shape index (κ1) is 14.4. The van der Waals surface area contributed by atoms with Crippen molar-refractivity contribution in [3.8, 4) is 0 Å². The maximum Gasteiger partial charge on any atom is 0.331 e. The third-order valence-electron chi connectivity index (χ3n) is 2.99. The number of carbonyl (C=O) groups excluding carboxylic acids is 2. The molecule has 0 unspecified atom stereocenters. The summed E-state index contributed by atoms with van der Waals surface area (Å²) in [6.45, 7) is 2.08. The Balaban J connectivity index is 2.49. The molecule has 0 aliphatic heterocycles. The van der Waals surface area contributed by atoms with Crippen LogP contribution in [0.4, 0.5) is 0 Å². The zero-order valence-corrected chi connectivity index (χ0v) is 11.4. The van der Waals surface area contributed by atoms with E-state index in [9.17, 15) is 9.59 Å². The third-order valence-corrected chi connectivity index (χ3v) is 4.16. The van der Waals surface area contributed by atoms with Crippen molar-refractivity contribution in [3.63, 3.8) is 0 Å². The van der Waals surface area contributed by atoms with Crippen molar-refractivity contribution in [2.75, 3.05) is 18.6 Å². The molecule has 1 fully saturated rings. The molecule has 0 atom stereocenters. The van der Waals surface area contributed by atoms with Crippen LogP contribution >= 0.6 is 11.8 Å². The summed E-state index contributed by atoms with van der Waals surface area (Å²) in [6.07, 6.45) is 4.39. The number of ether oxygens (including phenoxy) is 1. The van der Waals surface area contributed by atoms with Gasteiger partial charge in [0.2, 0.25) is 5.91 Å². The molecule has 0 spiro atoms. The molecule has 0 radical (unpaired) electrons. The average Bonchev–Trinajstić information content (AvgIpc) is 2.78. The van der Waals surface area contributed by atoms with Gasteiger partial charge in [-0.15, -0.1) is 0 Å². The highest BCUT2D eigenvalue weighted by Crippen LogP contribution is 2.30. The fourth-order valence-corrected chi connectivity index (χ4v) is 2.86. The number of amides is 1. The van der Waals surface area contributed by atoms with Gasteiger partial charge in [-0.05, 0) is 25.0 Å². The molecule has 5 heteroatoms. The number of carbonyl (C=O) groups is 2. The van der Waals surface area contributed by atoms with Crippen molar-refractivity contribution in [1.29, 1.82) is 0 Å². The lowest BCUT2D eigenvalue weighted by Gasteiger charge is -2.27. The molecular formula is C12H21NO3S. The second-order valence-corrected chi connectivity index (χ2v) is 5.49. The van der Waals surface area contributed by atoms with Gasteiger partial charge in [0.05, 0.1) is 12.9 Å². The van der Waals surface area contributed by atoms with Gasteiger partial charge >= 0.3 is 5.97 Å². The lowest BCUT2D eigenvalue weighted by Crippen LogP contribution is -2.53. The Morgan fingerprint density at radius 3 is 2.53 bits per heavy atom. The average molecular weight is 259 g/mol. The molecule has 1 aliphatic carbocycles. The van der Waals surface area contributed by atoms with Gasteiger partial charge < -0.3 is 10.1 Å². The third kappa shape index (κ3) is 3.91. The van der Waals surface area contributed by atoms with E-state index in [1.165, 1.54) is 7.11 Å². The van der Waals surface area contributed by atoms with Gasteiger partial charge in [-0.2, -0.15) is 11.8 Å². The van der Waals surface area contributed by atoms with E-state index in [4.69, 9.17) is 4.74 Å². The Morgan fingerprint density at radius 1 is 1.35 bits per heavy atom. The molecule has 1 saturated carbocycles. The number of thioether (sulfide) groups is 1. The molecule has 1 N–H and O–H groups in total. The van der Waals surface area contributed by atoms with Crippen molar-refractivity contribution >= 4 is 23.6 Å². The van der Waals surface area contributed by atoms with E-state index in [0.717, 1.165) is 25.0 Å². The van der Waals surface area contributed by atoms with Crippen LogP contribution in [0.2, 0.25) is 0 Å². The van der Waals surface area contributed by atoms with Crippen LogP contribution in [-0.2, 0) is 14.3 Å². The van der Waals surface area contributed by atoms with Gasteiger partial charge in [-0.3, -0.25) is 4.79 Å². The standard InChI is InChI=1S/C12H21NO3S/c1-3-8-17-9-10(14)13-12(11(15)16-2)6-4-5-7-12/h3-9H2,1-2H3,(H,13,14). The van der Waals surface area contributed by atoms with E-state index in [1.807, 2.05) is 0 Å². The highest BCUT2D eigenvalue weighted by atomic mass is 32.2. The lowest BCUT2D eigenvalue weighted by atomic mass is 9.98. The predicted octanol–water partition coefficient (Wildman–Crippen LogP) is 1.73. The molecule has 4 nitrogen and oxygen atoms in total. The number of methoxy groups -OCH3 is 1. The summed E-state index contributed by atoms with van der Waals surface area (Å²) in [7, 11) is 1.38. The second-order valence-electron chi connectivity index (χ2n) is 4.38. The quantitative estimate of drug-likeness (QED) is 0.583. The first-order valence-corrected chi connectivity index (χ1v) is 7.27. The van der Waals surface area contributed by atoms with E-state index < -0.39 is 5.54 Å². The Hall–Kier alpha value is -0.710. The van der Waals surface area contributed by atoms with Crippen LogP contribution in [0.5, 0.6) is 0 Å². The Bertz CT molecular complexity index is 275. The van der Waals surface area contributed by atoms with Gasteiger partial charge in [0.1, 0.15) is 5.54 Å². The van der Waals surface area contributed by atoms with Crippen LogP contribution in [0, 0.1) is 0 Å². The molecule has 1 aliphatic rings. The summed E-state index contributed by atoms with van der Waals surface area (Å²) in [6, 6.07) is 0. The normalized spacial score (nSPS) is 17.8. The summed E-state index contributed by atoms with van der Waals surface area (Å²) >= 11 is 1.60. The van der Waals surface area contributed by atoms with Gasteiger partial charge in [0.15, 0.2) is 0 Å². The number of hydrogen-bond acceptors (Lipinski definition) is 4. The van der Waals surface area contributed by atoms with Gasteiger partial charge in [-0.25, -0.2) is 4.79 Å². The summed E-state index contributed by atoms with van der Waals surface area (Å²) < 4.78 is 4.80. The van der Waals surface area contributed by atoms with E-state index in [2.05, 4.69) is 12.2 Å². The van der Waals surface area contributed by atoms with E-state index >= 15 is 0 Å². The Morgan fingerprint density at radius 2 is 2.00 bits per heavy atom. The van der Waals surface area contributed by atoms with Crippen molar-refractivity contribution < 1.29 is 14.3 Å². The lowest BCUT2D eigenvalue weighted by molar-refractivity contribution is -0.150. The van der Waals surface area contributed by atoms with Gasteiger partial charge in [0.25, 0.3) is 0 Å². The van der Waals surface area contributed by atoms with Crippen LogP contribution in [0.15, 0.2) is 0 Å². The van der Waals surface area contributed by atoms with E-state index in [1.54, 1.807) is 11.8 Å². The zero-order valence-electron chi connectivity index (χ0n) is 10.6. The zero-order chi connectivity index (χ0) is 12.7. The number of nitrogens with one attached hydrogen (secondary N) is 1. The predicted molar refractivity (Wildman–Crippen MR) is 69.0 cm³/mol. The highest BCUT2D eigenvalue weighted by Gasteiger charge is 2.43. The molecule has 0 aromatic rings. The maximum atomic E-state index is 11.8. The second kappa shape index (κ2) is 6.89. The van der Waals surface area contributed by atoms with E-state index in [-0.39, 0.29) is 11.9 Å². The molecule has 1 amide bonds. The van der Waals surface area contributed by atoms with Gasteiger partial charge in [-0.1, -0.05) is 19.8 Å². The van der Waals surface area contributed by atoms with Crippen molar-refractivity contribution in [3.05, 3.63) is 0 Å². The largest absolute Gasteiger partial charge is 0.467 e. The molecule has 0 saturated heterocycles. The number of hydrogen-bond donors (Lipinski definition) is 1. The number of esters is 1. The SMILES string of the molecule is CCCSCC(=O)NC1(C(=O)OC)CCCC1. The topological polar surface area (TPSA) is 55.4 Å². The highest BCUT2D eigenvalue weighted by molar-refractivity contribution is 7.99. The van der Waals surface area contributed by atoms with Crippen molar-refractivity contribution in [2.45, 2.75) is 44.6 Å². The van der Waals surface area contributed by atoms with Crippen LogP contribution < -0.4 is 5.32 Å². The van der Waals surface area contributed by atoms with Crippen LogP contribution in [0.1, 0.15) is 39.0 Å². The summed E-state index contributed by atoms with van der Waals surface area (Å²) in [4.78, 5) is 23.5. The molecule has 0 bridgehead atoms. The minimum absolute atomic E-state index is 0.0595. The number of rotatable bonds is 6.